The lowest BCUT2D eigenvalue weighted by molar-refractivity contribution is 0.202. The summed E-state index contributed by atoms with van der Waals surface area (Å²) in [4.78, 5) is 0. The molecule has 0 spiro atoms. The zero-order valence-electron chi connectivity index (χ0n) is 6.50. The third kappa shape index (κ3) is 2.01. The minimum atomic E-state index is -0.625. The minimum Gasteiger partial charge on any atom is -0.387 e. The van der Waals surface area contributed by atoms with Crippen molar-refractivity contribution in [2.45, 2.75) is 6.10 Å². The standard InChI is InChI=1S/C10H9ClO/c1-2-8-4-3-5-9(6-8)10(12)7-11/h1,3-6,10,12H,7H2. The van der Waals surface area contributed by atoms with E-state index in [1.807, 2.05) is 6.07 Å². The molecule has 1 rings (SSSR count). The summed E-state index contributed by atoms with van der Waals surface area (Å²) in [6, 6.07) is 7.17. The van der Waals surface area contributed by atoms with Gasteiger partial charge in [0.1, 0.15) is 0 Å². The lowest BCUT2D eigenvalue weighted by Crippen LogP contribution is -1.98. The second-order valence-electron chi connectivity index (χ2n) is 2.44. The predicted molar refractivity (Wildman–Crippen MR) is 50.1 cm³/mol. The fraction of sp³-hybridized carbons (Fsp3) is 0.200. The van der Waals surface area contributed by atoms with Gasteiger partial charge in [-0.25, -0.2) is 0 Å². The number of aliphatic hydroxyl groups excluding tert-OH is 1. The van der Waals surface area contributed by atoms with Gasteiger partial charge in [-0.1, -0.05) is 18.1 Å². The lowest BCUT2D eigenvalue weighted by Gasteiger charge is -2.06. The van der Waals surface area contributed by atoms with E-state index < -0.39 is 6.10 Å². The van der Waals surface area contributed by atoms with Gasteiger partial charge in [0.15, 0.2) is 0 Å². The topological polar surface area (TPSA) is 20.2 Å². The van der Waals surface area contributed by atoms with Gasteiger partial charge in [-0.2, -0.15) is 0 Å². The van der Waals surface area contributed by atoms with Gasteiger partial charge < -0.3 is 5.11 Å². The van der Waals surface area contributed by atoms with Crippen molar-refractivity contribution in [2.75, 3.05) is 5.88 Å². The molecule has 0 aliphatic heterocycles. The molecule has 1 atom stereocenters. The Morgan fingerprint density at radius 2 is 2.33 bits per heavy atom. The summed E-state index contributed by atoms with van der Waals surface area (Å²) < 4.78 is 0. The molecule has 0 saturated heterocycles. The van der Waals surface area contributed by atoms with Crippen molar-refractivity contribution in [1.82, 2.24) is 0 Å². The first-order valence-electron chi connectivity index (χ1n) is 3.58. The van der Waals surface area contributed by atoms with Gasteiger partial charge in [0.2, 0.25) is 0 Å². The van der Waals surface area contributed by atoms with Crippen molar-refractivity contribution >= 4 is 11.6 Å². The Morgan fingerprint density at radius 3 is 2.92 bits per heavy atom. The van der Waals surface area contributed by atoms with E-state index in [0.29, 0.717) is 0 Å². The number of benzene rings is 1. The van der Waals surface area contributed by atoms with Gasteiger partial charge in [0, 0.05) is 5.56 Å². The quantitative estimate of drug-likeness (QED) is 0.545. The van der Waals surface area contributed by atoms with Crippen LogP contribution < -0.4 is 0 Å². The van der Waals surface area contributed by atoms with Gasteiger partial charge in [-0.3, -0.25) is 0 Å². The van der Waals surface area contributed by atoms with Crippen LogP contribution in [0.15, 0.2) is 24.3 Å². The van der Waals surface area contributed by atoms with Gasteiger partial charge in [-0.15, -0.1) is 18.0 Å². The number of hydrogen-bond acceptors (Lipinski definition) is 1. The van der Waals surface area contributed by atoms with E-state index in [0.717, 1.165) is 11.1 Å². The zero-order chi connectivity index (χ0) is 8.97. The number of aliphatic hydroxyl groups is 1. The Labute approximate surface area is 77.0 Å². The molecule has 0 aliphatic carbocycles. The Bertz CT molecular complexity index is 301. The molecule has 0 bridgehead atoms. The Morgan fingerprint density at radius 1 is 1.58 bits per heavy atom. The highest BCUT2D eigenvalue weighted by molar-refractivity contribution is 6.18. The number of hydrogen-bond donors (Lipinski definition) is 1. The Hall–Kier alpha value is -0.970. The number of rotatable bonds is 2. The first-order valence-corrected chi connectivity index (χ1v) is 4.12. The van der Waals surface area contributed by atoms with Crippen molar-refractivity contribution in [2.24, 2.45) is 0 Å². The van der Waals surface area contributed by atoms with E-state index in [4.69, 9.17) is 18.0 Å². The maximum atomic E-state index is 9.35. The van der Waals surface area contributed by atoms with Crippen LogP contribution in [0.4, 0.5) is 0 Å². The summed E-state index contributed by atoms with van der Waals surface area (Å²) >= 11 is 5.48. The normalized spacial score (nSPS) is 12.1. The highest BCUT2D eigenvalue weighted by Gasteiger charge is 2.04. The summed E-state index contributed by atoms with van der Waals surface area (Å²) in [5.41, 5.74) is 1.53. The monoisotopic (exact) mass is 180 g/mol. The maximum Gasteiger partial charge on any atom is 0.0925 e. The largest absolute Gasteiger partial charge is 0.387 e. The van der Waals surface area contributed by atoms with E-state index in [1.54, 1.807) is 18.2 Å². The third-order valence-electron chi connectivity index (χ3n) is 1.58. The highest BCUT2D eigenvalue weighted by atomic mass is 35.5. The molecule has 0 radical (unpaired) electrons. The molecule has 0 aliphatic rings. The Kier molecular flexibility index (Phi) is 3.16. The summed E-state index contributed by atoms with van der Waals surface area (Å²) in [5.74, 6) is 2.68. The number of halogens is 1. The SMILES string of the molecule is C#Cc1cccc(C(O)CCl)c1. The fourth-order valence-electron chi connectivity index (χ4n) is 0.925. The van der Waals surface area contributed by atoms with Gasteiger partial charge in [-0.05, 0) is 17.7 Å². The van der Waals surface area contributed by atoms with Gasteiger partial charge >= 0.3 is 0 Å². The first-order chi connectivity index (χ1) is 5.77. The van der Waals surface area contributed by atoms with Crippen molar-refractivity contribution < 1.29 is 5.11 Å². The average molecular weight is 181 g/mol. The van der Waals surface area contributed by atoms with Crippen LogP contribution >= 0.6 is 11.6 Å². The van der Waals surface area contributed by atoms with E-state index >= 15 is 0 Å². The fourth-order valence-corrected chi connectivity index (χ4v) is 1.10. The molecule has 62 valence electrons. The Balaban J connectivity index is 2.95. The molecule has 0 amide bonds. The van der Waals surface area contributed by atoms with Crippen LogP contribution in [0.25, 0.3) is 0 Å². The van der Waals surface area contributed by atoms with E-state index in [1.165, 1.54) is 0 Å². The minimum absolute atomic E-state index is 0.189. The third-order valence-corrected chi connectivity index (χ3v) is 1.88. The molecule has 0 fully saturated rings. The zero-order valence-corrected chi connectivity index (χ0v) is 7.25. The molecule has 1 nitrogen and oxygen atoms in total. The molecular weight excluding hydrogens is 172 g/mol. The van der Waals surface area contributed by atoms with Crippen molar-refractivity contribution in [1.29, 1.82) is 0 Å². The molecule has 1 aromatic carbocycles. The van der Waals surface area contributed by atoms with Crippen LogP contribution in [0, 0.1) is 12.3 Å². The molecule has 1 unspecified atom stereocenters. The number of terminal acetylenes is 1. The molecule has 1 N–H and O–H groups in total. The van der Waals surface area contributed by atoms with Crippen LogP contribution in [0.5, 0.6) is 0 Å². The van der Waals surface area contributed by atoms with Crippen LogP contribution in [0.3, 0.4) is 0 Å². The molecule has 1 aromatic rings. The van der Waals surface area contributed by atoms with Crippen LogP contribution in [-0.4, -0.2) is 11.0 Å². The second kappa shape index (κ2) is 4.15. The summed E-state index contributed by atoms with van der Waals surface area (Å²) in [5, 5.41) is 9.35. The molecular formula is C10H9ClO. The van der Waals surface area contributed by atoms with Crippen LogP contribution in [-0.2, 0) is 0 Å². The van der Waals surface area contributed by atoms with Crippen LogP contribution in [0.1, 0.15) is 17.2 Å². The number of alkyl halides is 1. The predicted octanol–water partition coefficient (Wildman–Crippen LogP) is 1.94. The summed E-state index contributed by atoms with van der Waals surface area (Å²) in [6.07, 6.45) is 4.57. The molecule has 0 heterocycles. The van der Waals surface area contributed by atoms with Gasteiger partial charge in [0.05, 0.1) is 12.0 Å². The molecule has 0 aromatic heterocycles. The van der Waals surface area contributed by atoms with Crippen LogP contribution in [0.2, 0.25) is 0 Å². The highest BCUT2D eigenvalue weighted by Crippen LogP contribution is 2.14. The van der Waals surface area contributed by atoms with Crippen molar-refractivity contribution in [3.05, 3.63) is 35.4 Å². The second-order valence-corrected chi connectivity index (χ2v) is 2.75. The molecule has 0 saturated carbocycles. The van der Waals surface area contributed by atoms with Crippen molar-refractivity contribution in [3.8, 4) is 12.3 Å². The van der Waals surface area contributed by atoms with E-state index in [9.17, 15) is 5.11 Å². The molecule has 2 heteroatoms. The first kappa shape index (κ1) is 9.12. The summed E-state index contributed by atoms with van der Waals surface area (Å²) in [7, 11) is 0. The van der Waals surface area contributed by atoms with E-state index in [2.05, 4.69) is 5.92 Å². The summed E-state index contributed by atoms with van der Waals surface area (Å²) in [6.45, 7) is 0. The van der Waals surface area contributed by atoms with E-state index in [-0.39, 0.29) is 5.88 Å². The smallest absolute Gasteiger partial charge is 0.0925 e. The lowest BCUT2D eigenvalue weighted by atomic mass is 10.1. The average Bonchev–Trinajstić information content (AvgIpc) is 2.17. The molecule has 12 heavy (non-hydrogen) atoms. The maximum absolute atomic E-state index is 9.35. The van der Waals surface area contributed by atoms with Crippen molar-refractivity contribution in [3.63, 3.8) is 0 Å². The van der Waals surface area contributed by atoms with Gasteiger partial charge in [0.25, 0.3) is 0 Å².